The van der Waals surface area contributed by atoms with Crippen LogP contribution in [0.1, 0.15) is 5.56 Å². The third kappa shape index (κ3) is 2.27. The van der Waals surface area contributed by atoms with E-state index in [1.807, 2.05) is 50.0 Å². The molecule has 1 aromatic carbocycles. The minimum Gasteiger partial charge on any atom is -0.346 e. The van der Waals surface area contributed by atoms with E-state index in [1.54, 1.807) is 10.7 Å². The van der Waals surface area contributed by atoms with Gasteiger partial charge < -0.3 is 4.98 Å². The van der Waals surface area contributed by atoms with Gasteiger partial charge in [-0.25, -0.2) is 4.98 Å². The summed E-state index contributed by atoms with van der Waals surface area (Å²) in [6.07, 6.45) is 7.56. The smallest absolute Gasteiger partial charge is 0.137 e. The number of benzene rings is 1. The van der Waals surface area contributed by atoms with E-state index < -0.39 is 0 Å². The second kappa shape index (κ2) is 5.11. The molecule has 0 amide bonds. The molecule has 4 aromatic rings. The maximum atomic E-state index is 9.09. The first-order chi connectivity index (χ1) is 11.2. The van der Waals surface area contributed by atoms with Gasteiger partial charge in [0.05, 0.1) is 17.8 Å². The average Bonchev–Trinajstić information content (AvgIpc) is 3.20. The van der Waals surface area contributed by atoms with E-state index in [-0.39, 0.29) is 0 Å². The molecule has 1 N–H and O–H groups in total. The van der Waals surface area contributed by atoms with Gasteiger partial charge in [0.2, 0.25) is 0 Å². The zero-order valence-electron chi connectivity index (χ0n) is 12.5. The molecule has 0 aliphatic heterocycles. The van der Waals surface area contributed by atoms with Gasteiger partial charge in [0, 0.05) is 47.7 Å². The van der Waals surface area contributed by atoms with Crippen molar-refractivity contribution in [2.45, 2.75) is 0 Å². The first-order valence-electron chi connectivity index (χ1n) is 7.21. The number of aromatic nitrogens is 4. The number of fused-ring (bicyclic) bond motifs is 1. The predicted molar refractivity (Wildman–Crippen MR) is 88.4 cm³/mol. The van der Waals surface area contributed by atoms with Crippen molar-refractivity contribution in [1.29, 1.82) is 5.26 Å². The van der Waals surface area contributed by atoms with E-state index in [4.69, 9.17) is 5.26 Å². The lowest BCUT2D eigenvalue weighted by molar-refractivity contribution is 0.768. The zero-order valence-corrected chi connectivity index (χ0v) is 12.5. The molecule has 3 aromatic heterocycles. The molecule has 4 rings (SSSR count). The van der Waals surface area contributed by atoms with Crippen LogP contribution in [0.3, 0.4) is 0 Å². The largest absolute Gasteiger partial charge is 0.346 e. The second-order valence-corrected chi connectivity index (χ2v) is 5.42. The highest BCUT2D eigenvalue weighted by atomic mass is 15.2. The number of aromatic amines is 1. The Morgan fingerprint density at radius 1 is 1.13 bits per heavy atom. The average molecular weight is 299 g/mol. The molecule has 0 atom stereocenters. The van der Waals surface area contributed by atoms with Gasteiger partial charge in [0.25, 0.3) is 0 Å². The molecular formula is C18H13N5. The van der Waals surface area contributed by atoms with Crippen LogP contribution in [0, 0.1) is 11.3 Å². The standard InChI is InChI=1S/C18H13N5/c1-23-11-15(9-22-23)14-6-16-17(10-21-18(16)20-8-14)13-4-2-3-12(5-13)7-19/h2-6,8-11H,1H3,(H,20,21). The monoisotopic (exact) mass is 299 g/mol. The molecule has 0 fully saturated rings. The summed E-state index contributed by atoms with van der Waals surface area (Å²) < 4.78 is 1.77. The van der Waals surface area contributed by atoms with E-state index in [0.29, 0.717) is 5.56 Å². The summed E-state index contributed by atoms with van der Waals surface area (Å²) in [5, 5.41) is 14.3. The highest BCUT2D eigenvalue weighted by molar-refractivity contribution is 5.95. The number of aryl methyl sites for hydroxylation is 1. The third-order valence-corrected chi connectivity index (χ3v) is 3.87. The van der Waals surface area contributed by atoms with Crippen LogP contribution < -0.4 is 0 Å². The summed E-state index contributed by atoms with van der Waals surface area (Å²) >= 11 is 0. The number of nitriles is 1. The summed E-state index contributed by atoms with van der Waals surface area (Å²) in [6.45, 7) is 0. The highest BCUT2D eigenvalue weighted by Gasteiger charge is 2.10. The Bertz CT molecular complexity index is 1050. The van der Waals surface area contributed by atoms with Gasteiger partial charge in [0.1, 0.15) is 5.65 Å². The summed E-state index contributed by atoms with van der Waals surface area (Å²) in [6, 6.07) is 11.9. The van der Waals surface area contributed by atoms with Gasteiger partial charge in [-0.05, 0) is 23.8 Å². The number of nitrogens with one attached hydrogen (secondary N) is 1. The van der Waals surface area contributed by atoms with Crippen LogP contribution in [0.25, 0.3) is 33.3 Å². The second-order valence-electron chi connectivity index (χ2n) is 5.42. The predicted octanol–water partition coefficient (Wildman–Crippen LogP) is 3.50. The summed E-state index contributed by atoms with van der Waals surface area (Å²) in [4.78, 5) is 7.69. The first kappa shape index (κ1) is 13.3. The van der Waals surface area contributed by atoms with Crippen molar-refractivity contribution in [3.63, 3.8) is 0 Å². The van der Waals surface area contributed by atoms with Crippen molar-refractivity contribution in [3.05, 3.63) is 60.7 Å². The molecule has 110 valence electrons. The molecule has 5 nitrogen and oxygen atoms in total. The topological polar surface area (TPSA) is 70.3 Å². The summed E-state index contributed by atoms with van der Waals surface area (Å²) in [7, 11) is 1.89. The van der Waals surface area contributed by atoms with Crippen molar-refractivity contribution in [2.75, 3.05) is 0 Å². The fraction of sp³-hybridized carbons (Fsp3) is 0.0556. The van der Waals surface area contributed by atoms with E-state index in [9.17, 15) is 0 Å². The molecule has 0 saturated carbocycles. The fourth-order valence-corrected chi connectivity index (χ4v) is 2.73. The van der Waals surface area contributed by atoms with Gasteiger partial charge >= 0.3 is 0 Å². The van der Waals surface area contributed by atoms with E-state index in [1.165, 1.54) is 0 Å². The maximum Gasteiger partial charge on any atom is 0.137 e. The Kier molecular flexibility index (Phi) is 2.95. The lowest BCUT2D eigenvalue weighted by Gasteiger charge is -2.02. The molecular weight excluding hydrogens is 286 g/mol. The van der Waals surface area contributed by atoms with Crippen LogP contribution in [0.4, 0.5) is 0 Å². The molecule has 0 unspecified atom stereocenters. The third-order valence-electron chi connectivity index (χ3n) is 3.87. The van der Waals surface area contributed by atoms with Crippen molar-refractivity contribution in [2.24, 2.45) is 7.05 Å². The van der Waals surface area contributed by atoms with Gasteiger partial charge in [0.15, 0.2) is 0 Å². The van der Waals surface area contributed by atoms with Gasteiger partial charge in [-0.1, -0.05) is 12.1 Å². The van der Waals surface area contributed by atoms with Crippen molar-refractivity contribution < 1.29 is 0 Å². The number of rotatable bonds is 2. The normalized spacial score (nSPS) is 10.8. The zero-order chi connectivity index (χ0) is 15.8. The maximum absolute atomic E-state index is 9.09. The SMILES string of the molecule is Cn1cc(-c2cnc3[nH]cc(-c4cccc(C#N)c4)c3c2)cn1. The van der Waals surface area contributed by atoms with Gasteiger partial charge in [-0.2, -0.15) is 10.4 Å². The van der Waals surface area contributed by atoms with Crippen LogP contribution in [0.5, 0.6) is 0 Å². The minimum absolute atomic E-state index is 0.647. The van der Waals surface area contributed by atoms with Crippen molar-refractivity contribution in [3.8, 4) is 28.3 Å². The van der Waals surface area contributed by atoms with Crippen molar-refractivity contribution >= 4 is 11.0 Å². The molecule has 0 radical (unpaired) electrons. The molecule has 0 aliphatic rings. The molecule has 5 heteroatoms. The Balaban J connectivity index is 1.89. The quantitative estimate of drug-likeness (QED) is 0.616. The van der Waals surface area contributed by atoms with Crippen LogP contribution in [-0.4, -0.2) is 19.7 Å². The van der Waals surface area contributed by atoms with Gasteiger partial charge in [-0.15, -0.1) is 0 Å². The van der Waals surface area contributed by atoms with Crippen LogP contribution in [0.15, 0.2) is 55.1 Å². The Morgan fingerprint density at radius 3 is 2.83 bits per heavy atom. The number of hydrogen-bond acceptors (Lipinski definition) is 3. The number of H-pyrrole nitrogens is 1. The Morgan fingerprint density at radius 2 is 2.04 bits per heavy atom. The molecule has 3 heterocycles. The van der Waals surface area contributed by atoms with Crippen LogP contribution >= 0.6 is 0 Å². The minimum atomic E-state index is 0.647. The summed E-state index contributed by atoms with van der Waals surface area (Å²) in [5.74, 6) is 0. The number of hydrogen-bond donors (Lipinski definition) is 1. The van der Waals surface area contributed by atoms with Crippen LogP contribution in [0.2, 0.25) is 0 Å². The number of pyridine rings is 1. The summed E-state index contributed by atoms with van der Waals surface area (Å²) in [5.41, 5.74) is 5.56. The molecule has 0 saturated heterocycles. The van der Waals surface area contributed by atoms with Crippen molar-refractivity contribution in [1.82, 2.24) is 19.7 Å². The molecule has 0 bridgehead atoms. The first-order valence-corrected chi connectivity index (χ1v) is 7.21. The lowest BCUT2D eigenvalue weighted by Crippen LogP contribution is -1.84. The molecule has 0 aliphatic carbocycles. The fourth-order valence-electron chi connectivity index (χ4n) is 2.73. The number of nitrogens with zero attached hydrogens (tertiary/aromatic N) is 4. The molecule has 0 spiro atoms. The highest BCUT2D eigenvalue weighted by Crippen LogP contribution is 2.31. The van der Waals surface area contributed by atoms with E-state index in [2.05, 4.69) is 27.2 Å². The van der Waals surface area contributed by atoms with E-state index in [0.717, 1.165) is 33.3 Å². The van der Waals surface area contributed by atoms with E-state index >= 15 is 0 Å². The van der Waals surface area contributed by atoms with Gasteiger partial charge in [-0.3, -0.25) is 4.68 Å². The lowest BCUT2D eigenvalue weighted by atomic mass is 10.0. The Hall–Kier alpha value is -3.39. The molecule has 23 heavy (non-hydrogen) atoms. The Labute approximate surface area is 132 Å². The van der Waals surface area contributed by atoms with Crippen LogP contribution in [-0.2, 0) is 7.05 Å².